The highest BCUT2D eigenvalue weighted by molar-refractivity contribution is 14.2. The van der Waals surface area contributed by atoms with Crippen molar-refractivity contribution in [2.24, 2.45) is 0 Å². The number of hydrogen-bond acceptors (Lipinski definition) is 0. The fourth-order valence-electron chi connectivity index (χ4n) is 2.77. The molecule has 23 heavy (non-hydrogen) atoms. The van der Waals surface area contributed by atoms with E-state index in [-0.39, 0.29) is 20.7 Å². The van der Waals surface area contributed by atoms with Crippen LogP contribution in [0.3, 0.4) is 0 Å². The van der Waals surface area contributed by atoms with Crippen LogP contribution in [0, 0.1) is 10.5 Å². The molecular formula is C22H19I. The molecule has 0 bridgehead atoms. The Morgan fingerprint density at radius 2 is 1.52 bits per heavy atom. The molecule has 114 valence electrons. The van der Waals surface area contributed by atoms with Crippen molar-refractivity contribution in [3.05, 3.63) is 99.6 Å². The average molecular weight is 410 g/mol. The zero-order chi connectivity index (χ0) is 16.2. The van der Waals surface area contributed by atoms with Crippen molar-refractivity contribution in [2.75, 3.05) is 0 Å². The van der Waals surface area contributed by atoms with E-state index in [1.807, 2.05) is 0 Å². The molecule has 0 saturated heterocycles. The van der Waals surface area contributed by atoms with Crippen molar-refractivity contribution in [3.63, 3.8) is 0 Å². The van der Waals surface area contributed by atoms with Crippen LogP contribution in [-0.2, 0) is 0 Å². The van der Waals surface area contributed by atoms with Crippen molar-refractivity contribution < 1.29 is 0 Å². The first kappa shape index (κ1) is 15.9. The summed E-state index contributed by atoms with van der Waals surface area (Å²) in [6.07, 6.45) is 0. The molecular weight excluding hydrogens is 391 g/mol. The van der Waals surface area contributed by atoms with Gasteiger partial charge in [-0.1, -0.05) is 92.5 Å². The second-order valence-corrected chi connectivity index (χ2v) is 7.49. The number of rotatable bonds is 4. The van der Waals surface area contributed by atoms with Gasteiger partial charge < -0.3 is 0 Å². The standard InChI is InChI=1S/C22H19I/c1-16-9-4-5-12-20(16)22-14-7-6-13-21(22)17(2)18-10-8-11-19(15-18)23-3/h4-15H,2-3H2,1H3. The number of hydrogen-bond donors (Lipinski definition) is 0. The Morgan fingerprint density at radius 1 is 0.826 bits per heavy atom. The molecule has 0 heterocycles. The summed E-state index contributed by atoms with van der Waals surface area (Å²) in [5, 5.41) is 0. The minimum absolute atomic E-state index is 0.152. The summed E-state index contributed by atoms with van der Waals surface area (Å²) in [7, 11) is 0. The van der Waals surface area contributed by atoms with Crippen molar-refractivity contribution in [1.82, 2.24) is 0 Å². The van der Waals surface area contributed by atoms with Gasteiger partial charge in [0.05, 0.1) is 0 Å². The SMILES string of the molecule is C=Ic1cccc(C(=C)c2ccccc2-c2ccccc2C)c1. The topological polar surface area (TPSA) is 0 Å². The fraction of sp³-hybridized carbons (Fsp3) is 0.0455. The molecule has 0 aromatic heterocycles. The van der Waals surface area contributed by atoms with Gasteiger partial charge in [-0.2, -0.15) is 0 Å². The molecule has 3 aromatic rings. The molecule has 3 aromatic carbocycles. The highest BCUT2D eigenvalue weighted by atomic mass is 127. The third kappa shape index (κ3) is 3.35. The Morgan fingerprint density at radius 3 is 2.26 bits per heavy atom. The summed E-state index contributed by atoms with van der Waals surface area (Å²) >= 11 is -0.152. The van der Waals surface area contributed by atoms with E-state index in [2.05, 4.69) is 90.8 Å². The van der Waals surface area contributed by atoms with E-state index >= 15 is 0 Å². The maximum atomic E-state index is 4.38. The summed E-state index contributed by atoms with van der Waals surface area (Å²) < 4.78 is 5.43. The largest absolute Gasteiger partial charge is 0.0936 e. The Labute approximate surface area is 148 Å². The number of benzene rings is 3. The lowest BCUT2D eigenvalue weighted by Gasteiger charge is -2.14. The van der Waals surface area contributed by atoms with Gasteiger partial charge in [-0.25, -0.2) is 0 Å². The molecule has 0 fully saturated rings. The summed E-state index contributed by atoms with van der Waals surface area (Å²) in [4.78, 5) is 0. The predicted octanol–water partition coefficient (Wildman–Crippen LogP) is 6.30. The van der Waals surface area contributed by atoms with E-state index in [0.29, 0.717) is 0 Å². The van der Waals surface area contributed by atoms with E-state index in [1.165, 1.54) is 31.4 Å². The van der Waals surface area contributed by atoms with Crippen LogP contribution in [0.25, 0.3) is 16.7 Å². The lowest BCUT2D eigenvalue weighted by molar-refractivity contribution is 1.44. The maximum absolute atomic E-state index is 4.38. The zero-order valence-electron chi connectivity index (χ0n) is 13.2. The minimum Gasteiger partial charge on any atom is -0.0936 e. The summed E-state index contributed by atoms with van der Waals surface area (Å²) in [6, 6.07) is 25.7. The Kier molecular flexibility index (Phi) is 4.87. The van der Waals surface area contributed by atoms with E-state index in [4.69, 9.17) is 0 Å². The molecule has 0 atom stereocenters. The van der Waals surface area contributed by atoms with Crippen molar-refractivity contribution in [3.8, 4) is 11.1 Å². The van der Waals surface area contributed by atoms with Crippen molar-refractivity contribution >= 4 is 30.8 Å². The second kappa shape index (κ2) is 7.05. The highest BCUT2D eigenvalue weighted by Crippen LogP contribution is 2.33. The fourth-order valence-corrected chi connectivity index (χ4v) is 3.79. The van der Waals surface area contributed by atoms with Crippen LogP contribution in [-0.4, -0.2) is 4.51 Å². The van der Waals surface area contributed by atoms with Crippen LogP contribution in [0.15, 0.2) is 79.4 Å². The van der Waals surface area contributed by atoms with E-state index in [1.54, 1.807) is 0 Å². The average Bonchev–Trinajstić information content (AvgIpc) is 2.61. The molecule has 0 saturated carbocycles. The molecule has 0 aliphatic rings. The monoisotopic (exact) mass is 410 g/mol. The first-order chi connectivity index (χ1) is 11.2. The van der Waals surface area contributed by atoms with Crippen LogP contribution in [0.1, 0.15) is 16.7 Å². The van der Waals surface area contributed by atoms with Gasteiger partial charge in [0.2, 0.25) is 0 Å². The summed E-state index contributed by atoms with van der Waals surface area (Å²) in [5.41, 5.74) is 7.25. The molecule has 0 amide bonds. The lowest BCUT2D eigenvalue weighted by Crippen LogP contribution is -1.92. The molecule has 0 aliphatic carbocycles. The summed E-state index contributed by atoms with van der Waals surface area (Å²) in [6.45, 7) is 6.53. The molecule has 0 radical (unpaired) electrons. The van der Waals surface area contributed by atoms with Gasteiger partial charge in [-0.15, -0.1) is 0 Å². The lowest BCUT2D eigenvalue weighted by atomic mass is 9.90. The quantitative estimate of drug-likeness (QED) is 0.443. The molecule has 1 heteroatoms. The second-order valence-electron chi connectivity index (χ2n) is 5.48. The Balaban J connectivity index is 2.12. The first-order valence-electron chi connectivity index (χ1n) is 7.54. The van der Waals surface area contributed by atoms with Gasteiger partial charge in [-0.05, 0) is 52.4 Å². The normalized spacial score (nSPS) is 10.5. The zero-order valence-corrected chi connectivity index (χ0v) is 15.4. The van der Waals surface area contributed by atoms with Crippen LogP contribution < -0.4 is 0 Å². The van der Waals surface area contributed by atoms with Gasteiger partial charge in [0.25, 0.3) is 0 Å². The number of halogens is 1. The van der Waals surface area contributed by atoms with Crippen LogP contribution in [0.5, 0.6) is 0 Å². The smallest absolute Gasteiger partial charge is 0.00778 e. The molecule has 0 N–H and O–H groups in total. The molecule has 3 rings (SSSR count). The minimum atomic E-state index is -0.152. The third-order valence-electron chi connectivity index (χ3n) is 4.01. The van der Waals surface area contributed by atoms with Crippen LogP contribution in [0.2, 0.25) is 0 Å². The third-order valence-corrected chi connectivity index (χ3v) is 5.57. The van der Waals surface area contributed by atoms with Crippen molar-refractivity contribution in [2.45, 2.75) is 6.92 Å². The Bertz CT molecular complexity index is 874. The molecule has 0 nitrogen and oxygen atoms in total. The highest BCUT2D eigenvalue weighted by Gasteiger charge is 2.11. The summed E-state index contributed by atoms with van der Waals surface area (Å²) in [5.74, 6) is 0. The van der Waals surface area contributed by atoms with Crippen molar-refractivity contribution in [1.29, 1.82) is 0 Å². The van der Waals surface area contributed by atoms with Gasteiger partial charge in [-0.3, -0.25) is 0 Å². The molecule has 0 aliphatic heterocycles. The van der Waals surface area contributed by atoms with E-state index < -0.39 is 0 Å². The van der Waals surface area contributed by atoms with Crippen LogP contribution >= 0.6 is 20.7 Å². The van der Waals surface area contributed by atoms with Crippen LogP contribution in [0.4, 0.5) is 0 Å². The predicted molar refractivity (Wildman–Crippen MR) is 111 cm³/mol. The first-order valence-corrected chi connectivity index (χ1v) is 10.1. The van der Waals surface area contributed by atoms with Gasteiger partial charge in [0.15, 0.2) is 0 Å². The number of aryl methyl sites for hydroxylation is 1. The molecule has 0 unspecified atom stereocenters. The maximum Gasteiger partial charge on any atom is 0.00778 e. The molecule has 0 spiro atoms. The van der Waals surface area contributed by atoms with E-state index in [9.17, 15) is 0 Å². The van der Waals surface area contributed by atoms with E-state index in [0.717, 1.165) is 5.57 Å². The van der Waals surface area contributed by atoms with Gasteiger partial charge in [0, 0.05) is 3.57 Å². The van der Waals surface area contributed by atoms with Gasteiger partial charge >= 0.3 is 0 Å². The Hall–Kier alpha value is -2.00. The van der Waals surface area contributed by atoms with Gasteiger partial charge in [0.1, 0.15) is 0 Å².